The van der Waals surface area contributed by atoms with Crippen LogP contribution in [0.1, 0.15) is 36.7 Å². The Morgan fingerprint density at radius 2 is 1.88 bits per heavy atom. The highest BCUT2D eigenvalue weighted by Crippen LogP contribution is 2.17. The zero-order valence-corrected chi connectivity index (χ0v) is 14.7. The molecule has 0 aliphatic carbocycles. The molecule has 2 aliphatic rings. The predicted molar refractivity (Wildman–Crippen MR) is 94.2 cm³/mol. The van der Waals surface area contributed by atoms with Gasteiger partial charge in [0.2, 0.25) is 5.91 Å². The number of amides is 2. The van der Waals surface area contributed by atoms with E-state index in [2.05, 4.69) is 26.9 Å². The van der Waals surface area contributed by atoms with Gasteiger partial charge in [-0.1, -0.05) is 0 Å². The maximum absolute atomic E-state index is 12.5. The molecule has 2 N–H and O–H groups in total. The van der Waals surface area contributed by atoms with Crippen molar-refractivity contribution in [3.05, 3.63) is 17.8 Å². The van der Waals surface area contributed by atoms with Crippen molar-refractivity contribution in [2.75, 3.05) is 44.2 Å². The van der Waals surface area contributed by atoms with Gasteiger partial charge >= 0.3 is 0 Å². The fourth-order valence-corrected chi connectivity index (χ4v) is 3.51. The molecule has 1 atom stereocenters. The number of nitrogens with two attached hydrogens (primary N) is 1. The SMILES string of the molecule is CC1CCCCN1C(=O)CN1CCN(c2ccc(C(N)=O)nn2)CC1. The molecule has 136 valence electrons. The molecule has 0 bridgehead atoms. The van der Waals surface area contributed by atoms with Crippen molar-refractivity contribution in [1.29, 1.82) is 0 Å². The molecule has 8 nitrogen and oxygen atoms in total. The maximum atomic E-state index is 12.5. The van der Waals surface area contributed by atoms with E-state index in [1.54, 1.807) is 12.1 Å². The van der Waals surface area contributed by atoms with Gasteiger partial charge in [0.1, 0.15) is 0 Å². The van der Waals surface area contributed by atoms with Crippen LogP contribution in [0.25, 0.3) is 0 Å². The number of likely N-dealkylation sites (tertiary alicyclic amines) is 1. The number of aromatic nitrogens is 2. The summed E-state index contributed by atoms with van der Waals surface area (Å²) in [5, 5.41) is 7.92. The Labute approximate surface area is 148 Å². The Kier molecular flexibility index (Phi) is 5.47. The molecule has 25 heavy (non-hydrogen) atoms. The number of nitrogens with zero attached hydrogens (tertiary/aromatic N) is 5. The second-order valence-corrected chi connectivity index (χ2v) is 6.84. The van der Waals surface area contributed by atoms with Crippen molar-refractivity contribution in [1.82, 2.24) is 20.0 Å². The van der Waals surface area contributed by atoms with Gasteiger partial charge in [0.05, 0.1) is 6.54 Å². The van der Waals surface area contributed by atoms with E-state index in [-0.39, 0.29) is 11.6 Å². The number of rotatable bonds is 4. The fourth-order valence-electron chi connectivity index (χ4n) is 3.51. The number of hydrogen-bond acceptors (Lipinski definition) is 6. The van der Waals surface area contributed by atoms with Crippen LogP contribution in [0, 0.1) is 0 Å². The highest BCUT2D eigenvalue weighted by atomic mass is 16.2. The second kappa shape index (κ2) is 7.77. The van der Waals surface area contributed by atoms with Crippen LogP contribution in [0.4, 0.5) is 5.82 Å². The molecule has 8 heteroatoms. The van der Waals surface area contributed by atoms with Crippen LogP contribution in [-0.4, -0.2) is 77.1 Å². The Hall–Kier alpha value is -2.22. The average molecular weight is 346 g/mol. The van der Waals surface area contributed by atoms with Gasteiger partial charge in [-0.05, 0) is 38.3 Å². The van der Waals surface area contributed by atoms with Crippen molar-refractivity contribution >= 4 is 17.6 Å². The van der Waals surface area contributed by atoms with Crippen LogP contribution in [0.5, 0.6) is 0 Å². The molecule has 0 saturated carbocycles. The summed E-state index contributed by atoms with van der Waals surface area (Å²) in [5.74, 6) is 0.404. The molecular weight excluding hydrogens is 320 g/mol. The Morgan fingerprint density at radius 3 is 2.48 bits per heavy atom. The van der Waals surface area contributed by atoms with Gasteiger partial charge in [-0.3, -0.25) is 14.5 Å². The van der Waals surface area contributed by atoms with Gasteiger partial charge in [-0.25, -0.2) is 0 Å². The predicted octanol–water partition coefficient (Wildman–Crippen LogP) is 0.0985. The molecule has 2 saturated heterocycles. The van der Waals surface area contributed by atoms with E-state index in [4.69, 9.17) is 5.73 Å². The first-order chi connectivity index (χ1) is 12.0. The second-order valence-electron chi connectivity index (χ2n) is 6.84. The van der Waals surface area contributed by atoms with E-state index < -0.39 is 5.91 Å². The molecule has 2 aliphatic heterocycles. The molecule has 0 aromatic carbocycles. The third kappa shape index (κ3) is 4.25. The van der Waals surface area contributed by atoms with E-state index in [0.29, 0.717) is 12.6 Å². The van der Waals surface area contributed by atoms with Crippen LogP contribution >= 0.6 is 0 Å². The van der Waals surface area contributed by atoms with Gasteiger partial charge < -0.3 is 15.5 Å². The minimum Gasteiger partial charge on any atom is -0.364 e. The monoisotopic (exact) mass is 346 g/mol. The van der Waals surface area contributed by atoms with Crippen LogP contribution in [-0.2, 0) is 4.79 Å². The number of piperidine rings is 1. The summed E-state index contributed by atoms with van der Waals surface area (Å²) in [7, 11) is 0. The first-order valence-corrected chi connectivity index (χ1v) is 8.95. The highest BCUT2D eigenvalue weighted by Gasteiger charge is 2.26. The summed E-state index contributed by atoms with van der Waals surface area (Å²) in [6, 6.07) is 3.73. The molecule has 2 fully saturated rings. The van der Waals surface area contributed by atoms with Gasteiger partial charge in [0, 0.05) is 38.8 Å². The topological polar surface area (TPSA) is 95.7 Å². The summed E-state index contributed by atoms with van der Waals surface area (Å²) in [4.78, 5) is 29.9. The zero-order valence-electron chi connectivity index (χ0n) is 14.7. The lowest BCUT2D eigenvalue weighted by Gasteiger charge is -2.38. The van der Waals surface area contributed by atoms with Crippen LogP contribution in [0.3, 0.4) is 0 Å². The van der Waals surface area contributed by atoms with Gasteiger partial charge in [-0.2, -0.15) is 0 Å². The minimum absolute atomic E-state index is 0.170. The average Bonchev–Trinajstić information content (AvgIpc) is 2.63. The lowest BCUT2D eigenvalue weighted by atomic mass is 10.0. The van der Waals surface area contributed by atoms with Crippen molar-refractivity contribution in [3.63, 3.8) is 0 Å². The van der Waals surface area contributed by atoms with Gasteiger partial charge in [0.25, 0.3) is 5.91 Å². The largest absolute Gasteiger partial charge is 0.364 e. The smallest absolute Gasteiger partial charge is 0.269 e. The number of carbonyl (C=O) groups excluding carboxylic acids is 2. The Balaban J connectivity index is 1.49. The number of carbonyl (C=O) groups is 2. The Bertz CT molecular complexity index is 612. The lowest BCUT2D eigenvalue weighted by Crippen LogP contribution is -2.52. The van der Waals surface area contributed by atoms with E-state index in [0.717, 1.165) is 51.4 Å². The first-order valence-electron chi connectivity index (χ1n) is 8.95. The lowest BCUT2D eigenvalue weighted by molar-refractivity contribution is -0.135. The molecular formula is C17H26N6O2. The Morgan fingerprint density at radius 1 is 1.12 bits per heavy atom. The minimum atomic E-state index is -0.575. The maximum Gasteiger partial charge on any atom is 0.269 e. The van der Waals surface area contributed by atoms with E-state index in [1.165, 1.54) is 6.42 Å². The zero-order chi connectivity index (χ0) is 17.8. The quantitative estimate of drug-likeness (QED) is 0.831. The summed E-state index contributed by atoms with van der Waals surface area (Å²) in [6.45, 7) is 6.72. The third-order valence-corrected chi connectivity index (χ3v) is 5.08. The summed E-state index contributed by atoms with van der Waals surface area (Å²) in [6.07, 6.45) is 3.45. The van der Waals surface area contributed by atoms with E-state index >= 15 is 0 Å². The summed E-state index contributed by atoms with van der Waals surface area (Å²) < 4.78 is 0. The molecule has 3 heterocycles. The van der Waals surface area contributed by atoms with E-state index in [1.807, 2.05) is 4.90 Å². The third-order valence-electron chi connectivity index (χ3n) is 5.08. The molecule has 0 spiro atoms. The van der Waals surface area contributed by atoms with Crippen molar-refractivity contribution in [3.8, 4) is 0 Å². The summed E-state index contributed by atoms with van der Waals surface area (Å²) in [5.41, 5.74) is 5.35. The fraction of sp³-hybridized carbons (Fsp3) is 0.647. The standard InChI is InChI=1S/C17H26N6O2/c1-13-4-2-3-7-23(13)16(24)12-21-8-10-22(11-9-21)15-6-5-14(17(18)25)19-20-15/h5-6,13H,2-4,7-12H2,1H3,(H2,18,25). The molecule has 1 unspecified atom stereocenters. The van der Waals surface area contributed by atoms with E-state index in [9.17, 15) is 9.59 Å². The molecule has 3 rings (SSSR count). The number of anilines is 1. The van der Waals surface area contributed by atoms with Crippen LogP contribution in [0.15, 0.2) is 12.1 Å². The molecule has 2 amide bonds. The number of piperazine rings is 1. The van der Waals surface area contributed by atoms with Crippen LogP contribution in [0.2, 0.25) is 0 Å². The number of hydrogen-bond donors (Lipinski definition) is 1. The normalized spacial score (nSPS) is 22.0. The van der Waals surface area contributed by atoms with Gasteiger partial charge in [0.15, 0.2) is 11.5 Å². The summed E-state index contributed by atoms with van der Waals surface area (Å²) >= 11 is 0. The number of primary amides is 1. The molecule has 0 radical (unpaired) electrons. The molecule has 1 aromatic rings. The van der Waals surface area contributed by atoms with Crippen LogP contribution < -0.4 is 10.6 Å². The van der Waals surface area contributed by atoms with Crippen molar-refractivity contribution in [2.45, 2.75) is 32.2 Å². The van der Waals surface area contributed by atoms with Crippen molar-refractivity contribution in [2.24, 2.45) is 5.73 Å². The molecule has 1 aromatic heterocycles. The van der Waals surface area contributed by atoms with Gasteiger partial charge in [-0.15, -0.1) is 10.2 Å². The first kappa shape index (κ1) is 17.6. The highest BCUT2D eigenvalue weighted by molar-refractivity contribution is 5.90. The van der Waals surface area contributed by atoms with Crippen molar-refractivity contribution < 1.29 is 9.59 Å².